The molecule has 0 amide bonds. The van der Waals surface area contributed by atoms with Gasteiger partial charge in [0, 0.05) is 5.56 Å². The second-order valence-corrected chi connectivity index (χ2v) is 5.79. The molecule has 0 saturated carbocycles. The van der Waals surface area contributed by atoms with Crippen molar-refractivity contribution < 1.29 is 14.7 Å². The van der Waals surface area contributed by atoms with Crippen LogP contribution in [0.5, 0.6) is 5.75 Å². The van der Waals surface area contributed by atoms with E-state index in [1.54, 1.807) is 6.92 Å². The third-order valence-electron chi connectivity index (χ3n) is 3.83. The minimum absolute atomic E-state index is 0.0634. The van der Waals surface area contributed by atoms with Gasteiger partial charge in [0.15, 0.2) is 11.5 Å². The van der Waals surface area contributed by atoms with Gasteiger partial charge >= 0.3 is 0 Å². The van der Waals surface area contributed by atoms with Gasteiger partial charge in [-0.2, -0.15) is 0 Å². The van der Waals surface area contributed by atoms with Crippen LogP contribution in [0.1, 0.15) is 22.8 Å². The lowest BCUT2D eigenvalue weighted by Crippen LogP contribution is -2.05. The number of ketones is 1. The second-order valence-electron chi connectivity index (χ2n) is 5.79. The lowest BCUT2D eigenvalue weighted by Gasteiger charge is -2.08. The molecule has 0 radical (unpaired) electrons. The molecule has 0 aliphatic carbocycles. The van der Waals surface area contributed by atoms with Crippen molar-refractivity contribution in [2.24, 2.45) is 0 Å². The van der Waals surface area contributed by atoms with Crippen molar-refractivity contribution in [2.75, 3.05) is 5.48 Å². The van der Waals surface area contributed by atoms with Gasteiger partial charge in [-0.05, 0) is 49.2 Å². The zero-order valence-electron chi connectivity index (χ0n) is 14.2. The maximum Gasteiger partial charge on any atom is 0.168 e. The maximum absolute atomic E-state index is 11.3. The molecule has 0 heterocycles. The number of hydrogen-bond acceptors (Lipinski definition) is 4. The minimum Gasteiger partial charge on any atom is -0.314 e. The summed E-state index contributed by atoms with van der Waals surface area (Å²) in [4.78, 5) is 21.6. The summed E-state index contributed by atoms with van der Waals surface area (Å²) in [6, 6.07) is 22.8. The Labute approximate surface area is 146 Å². The standard InChI is InChI=1S/C21H19NO3/c1-15-3-11-20(12-4-15)22-25-24-21-13-9-19(10-14-21)18-7-5-17(6-8-18)16(2)23/h3-14,22H,1-2H3. The lowest BCUT2D eigenvalue weighted by atomic mass is 10.0. The molecule has 3 rings (SSSR count). The van der Waals surface area contributed by atoms with Crippen LogP contribution >= 0.6 is 0 Å². The predicted octanol–water partition coefficient (Wildman–Crippen LogP) is 5.20. The normalized spacial score (nSPS) is 10.3. The molecule has 4 heteroatoms. The molecule has 0 aliphatic heterocycles. The molecular formula is C21H19NO3. The van der Waals surface area contributed by atoms with Crippen LogP contribution in [-0.2, 0) is 4.99 Å². The van der Waals surface area contributed by atoms with Crippen molar-refractivity contribution in [3.63, 3.8) is 0 Å². The second kappa shape index (κ2) is 7.64. The topological polar surface area (TPSA) is 47.6 Å². The number of carbonyl (C=O) groups is 1. The summed E-state index contributed by atoms with van der Waals surface area (Å²) in [5.41, 5.74) is 7.50. The van der Waals surface area contributed by atoms with Gasteiger partial charge in [0.1, 0.15) is 0 Å². The Morgan fingerprint density at radius 3 is 1.92 bits per heavy atom. The molecule has 0 saturated heterocycles. The zero-order chi connectivity index (χ0) is 17.6. The van der Waals surface area contributed by atoms with E-state index < -0.39 is 0 Å². The van der Waals surface area contributed by atoms with Crippen LogP contribution < -0.4 is 10.4 Å². The average Bonchev–Trinajstić information content (AvgIpc) is 2.64. The molecule has 0 atom stereocenters. The van der Waals surface area contributed by atoms with Crippen LogP contribution in [0.2, 0.25) is 0 Å². The van der Waals surface area contributed by atoms with Gasteiger partial charge in [-0.25, -0.2) is 5.48 Å². The first kappa shape index (κ1) is 16.7. The summed E-state index contributed by atoms with van der Waals surface area (Å²) in [5, 5.41) is 0. The number of carbonyl (C=O) groups excluding carboxylic acids is 1. The van der Waals surface area contributed by atoms with Gasteiger partial charge in [0.05, 0.1) is 5.69 Å². The van der Waals surface area contributed by atoms with Crippen molar-refractivity contribution in [3.05, 3.63) is 83.9 Å². The molecule has 3 aromatic carbocycles. The quantitative estimate of drug-likeness (QED) is 0.382. The Balaban J connectivity index is 1.58. The monoisotopic (exact) mass is 333 g/mol. The van der Waals surface area contributed by atoms with Crippen LogP contribution in [-0.4, -0.2) is 5.78 Å². The molecule has 3 aromatic rings. The first-order valence-electron chi connectivity index (χ1n) is 7.99. The summed E-state index contributed by atoms with van der Waals surface area (Å²) >= 11 is 0. The highest BCUT2D eigenvalue weighted by molar-refractivity contribution is 5.94. The fourth-order valence-corrected chi connectivity index (χ4v) is 2.34. The average molecular weight is 333 g/mol. The number of nitrogens with one attached hydrogen (secondary N) is 1. The van der Waals surface area contributed by atoms with Gasteiger partial charge in [-0.15, -0.1) is 0 Å². The van der Waals surface area contributed by atoms with Crippen LogP contribution in [0, 0.1) is 6.92 Å². The first-order valence-corrected chi connectivity index (χ1v) is 7.99. The van der Waals surface area contributed by atoms with Crippen LogP contribution in [0.4, 0.5) is 5.69 Å². The zero-order valence-corrected chi connectivity index (χ0v) is 14.2. The third-order valence-corrected chi connectivity index (χ3v) is 3.83. The maximum atomic E-state index is 11.3. The van der Waals surface area contributed by atoms with Gasteiger partial charge in [0.25, 0.3) is 0 Å². The number of Topliss-reactive ketones (excluding diaryl/α,β-unsaturated/α-hetero) is 1. The van der Waals surface area contributed by atoms with Crippen molar-refractivity contribution in [3.8, 4) is 16.9 Å². The molecule has 4 nitrogen and oxygen atoms in total. The Bertz CT molecular complexity index is 838. The lowest BCUT2D eigenvalue weighted by molar-refractivity contribution is -0.178. The highest BCUT2D eigenvalue weighted by Gasteiger charge is 2.02. The summed E-state index contributed by atoms with van der Waals surface area (Å²) in [6.45, 7) is 3.59. The molecule has 0 aromatic heterocycles. The number of anilines is 1. The summed E-state index contributed by atoms with van der Waals surface area (Å²) in [6.07, 6.45) is 0. The summed E-state index contributed by atoms with van der Waals surface area (Å²) in [7, 11) is 0. The van der Waals surface area contributed by atoms with Crippen molar-refractivity contribution >= 4 is 11.5 Å². The van der Waals surface area contributed by atoms with Crippen LogP contribution in [0.3, 0.4) is 0 Å². The number of benzene rings is 3. The molecule has 1 N–H and O–H groups in total. The molecule has 0 unspecified atom stereocenters. The minimum atomic E-state index is 0.0634. The van der Waals surface area contributed by atoms with E-state index in [0.717, 1.165) is 16.8 Å². The fraction of sp³-hybridized carbons (Fsp3) is 0.0952. The van der Waals surface area contributed by atoms with Crippen LogP contribution in [0.25, 0.3) is 11.1 Å². The number of aryl methyl sites for hydroxylation is 1. The molecule has 0 fully saturated rings. The van der Waals surface area contributed by atoms with E-state index in [9.17, 15) is 4.79 Å². The van der Waals surface area contributed by atoms with Crippen molar-refractivity contribution in [1.29, 1.82) is 0 Å². The Hall–Kier alpha value is -3.11. The summed E-state index contributed by atoms with van der Waals surface area (Å²) < 4.78 is 0. The Morgan fingerprint density at radius 2 is 1.36 bits per heavy atom. The van der Waals surface area contributed by atoms with E-state index in [0.29, 0.717) is 11.3 Å². The molecule has 0 spiro atoms. The van der Waals surface area contributed by atoms with E-state index in [1.165, 1.54) is 5.56 Å². The van der Waals surface area contributed by atoms with Crippen molar-refractivity contribution in [2.45, 2.75) is 13.8 Å². The SMILES string of the molecule is CC(=O)c1ccc(-c2ccc(OONc3ccc(C)cc3)cc2)cc1. The van der Waals surface area contributed by atoms with Gasteiger partial charge in [0.2, 0.25) is 0 Å². The largest absolute Gasteiger partial charge is 0.314 e. The first-order chi connectivity index (χ1) is 12.1. The number of hydrogen-bond donors (Lipinski definition) is 1. The van der Waals surface area contributed by atoms with Gasteiger partial charge in [-0.1, -0.05) is 59.1 Å². The van der Waals surface area contributed by atoms with Crippen LogP contribution in [0.15, 0.2) is 72.8 Å². The van der Waals surface area contributed by atoms with Crippen molar-refractivity contribution in [1.82, 2.24) is 0 Å². The highest BCUT2D eigenvalue weighted by atomic mass is 17.3. The molecular weight excluding hydrogens is 314 g/mol. The Kier molecular flexibility index (Phi) is 5.11. The fourth-order valence-electron chi connectivity index (χ4n) is 2.34. The van der Waals surface area contributed by atoms with E-state index in [2.05, 4.69) is 5.48 Å². The predicted molar refractivity (Wildman–Crippen MR) is 98.4 cm³/mol. The third kappa shape index (κ3) is 4.46. The van der Waals surface area contributed by atoms with Gasteiger partial charge < -0.3 is 4.89 Å². The molecule has 126 valence electrons. The van der Waals surface area contributed by atoms with E-state index in [1.807, 2.05) is 79.7 Å². The molecule has 0 aliphatic rings. The number of rotatable bonds is 6. The smallest absolute Gasteiger partial charge is 0.168 e. The molecule has 25 heavy (non-hydrogen) atoms. The Morgan fingerprint density at radius 1 is 0.800 bits per heavy atom. The van der Waals surface area contributed by atoms with Gasteiger partial charge in [-0.3, -0.25) is 4.79 Å². The van der Waals surface area contributed by atoms with E-state index in [-0.39, 0.29) is 5.78 Å². The molecule has 0 bridgehead atoms. The van der Waals surface area contributed by atoms with E-state index >= 15 is 0 Å². The van der Waals surface area contributed by atoms with E-state index in [4.69, 9.17) is 9.88 Å². The highest BCUT2D eigenvalue weighted by Crippen LogP contribution is 2.23. The summed E-state index contributed by atoms with van der Waals surface area (Å²) in [5.74, 6) is 0.650.